The summed E-state index contributed by atoms with van der Waals surface area (Å²) in [6, 6.07) is 17.4. The number of halogens is 1. The Morgan fingerprint density at radius 2 is 1.67 bits per heavy atom. The number of fused-ring (bicyclic) bond motifs is 1. The van der Waals surface area contributed by atoms with E-state index in [-0.39, 0.29) is 0 Å². The maximum absolute atomic E-state index is 6.14. The molecule has 21 heavy (non-hydrogen) atoms. The SMILES string of the molecule is Clc1ccccc1-c1nnc(-c2cc3ccccc3[nH]2)o1. The van der Waals surface area contributed by atoms with E-state index in [2.05, 4.69) is 15.2 Å². The highest BCUT2D eigenvalue weighted by molar-refractivity contribution is 6.33. The van der Waals surface area contributed by atoms with Gasteiger partial charge in [-0.05, 0) is 24.3 Å². The zero-order valence-electron chi connectivity index (χ0n) is 10.9. The van der Waals surface area contributed by atoms with E-state index in [0.29, 0.717) is 16.8 Å². The van der Waals surface area contributed by atoms with Crippen LogP contribution in [0.4, 0.5) is 0 Å². The minimum atomic E-state index is 0.411. The average molecular weight is 296 g/mol. The fourth-order valence-electron chi connectivity index (χ4n) is 2.26. The highest BCUT2D eigenvalue weighted by atomic mass is 35.5. The van der Waals surface area contributed by atoms with Crippen molar-refractivity contribution in [1.29, 1.82) is 0 Å². The van der Waals surface area contributed by atoms with Crippen LogP contribution < -0.4 is 0 Å². The topological polar surface area (TPSA) is 54.7 Å². The summed E-state index contributed by atoms with van der Waals surface area (Å²) in [7, 11) is 0. The van der Waals surface area contributed by atoms with Crippen LogP contribution in [0.25, 0.3) is 33.9 Å². The highest BCUT2D eigenvalue weighted by Crippen LogP contribution is 2.29. The fourth-order valence-corrected chi connectivity index (χ4v) is 2.48. The van der Waals surface area contributed by atoms with Crippen LogP contribution in [-0.2, 0) is 0 Å². The molecule has 2 aromatic heterocycles. The molecule has 0 saturated heterocycles. The van der Waals surface area contributed by atoms with Gasteiger partial charge in [-0.1, -0.05) is 41.9 Å². The van der Waals surface area contributed by atoms with E-state index in [9.17, 15) is 0 Å². The first kappa shape index (κ1) is 12.2. The van der Waals surface area contributed by atoms with Crippen molar-refractivity contribution in [3.8, 4) is 23.0 Å². The summed E-state index contributed by atoms with van der Waals surface area (Å²) in [4.78, 5) is 3.26. The van der Waals surface area contributed by atoms with Crippen molar-refractivity contribution in [2.45, 2.75) is 0 Å². The zero-order valence-corrected chi connectivity index (χ0v) is 11.6. The van der Waals surface area contributed by atoms with Crippen molar-refractivity contribution >= 4 is 22.5 Å². The molecule has 0 atom stereocenters. The molecular formula is C16H10ClN3O. The van der Waals surface area contributed by atoms with Gasteiger partial charge < -0.3 is 9.40 Å². The summed E-state index contributed by atoms with van der Waals surface area (Å²) in [6.45, 7) is 0. The molecule has 4 nitrogen and oxygen atoms in total. The summed E-state index contributed by atoms with van der Waals surface area (Å²) in [5.41, 5.74) is 2.56. The van der Waals surface area contributed by atoms with Crippen LogP contribution in [0, 0.1) is 0 Å². The van der Waals surface area contributed by atoms with Gasteiger partial charge in [-0.25, -0.2) is 0 Å². The number of aromatic amines is 1. The Morgan fingerprint density at radius 3 is 2.52 bits per heavy atom. The van der Waals surface area contributed by atoms with Crippen molar-refractivity contribution in [3.63, 3.8) is 0 Å². The minimum absolute atomic E-state index is 0.411. The van der Waals surface area contributed by atoms with E-state index >= 15 is 0 Å². The molecule has 1 N–H and O–H groups in total. The Balaban J connectivity index is 1.79. The molecule has 0 aliphatic heterocycles. The Morgan fingerprint density at radius 1 is 0.905 bits per heavy atom. The van der Waals surface area contributed by atoms with E-state index in [1.54, 1.807) is 6.07 Å². The molecule has 4 rings (SSSR count). The molecule has 0 amide bonds. The van der Waals surface area contributed by atoms with Crippen molar-refractivity contribution in [2.24, 2.45) is 0 Å². The van der Waals surface area contributed by atoms with Gasteiger partial charge >= 0.3 is 0 Å². The van der Waals surface area contributed by atoms with E-state index in [4.69, 9.17) is 16.0 Å². The zero-order chi connectivity index (χ0) is 14.2. The van der Waals surface area contributed by atoms with Gasteiger partial charge in [0, 0.05) is 10.9 Å². The number of H-pyrrole nitrogens is 1. The van der Waals surface area contributed by atoms with E-state index in [1.165, 1.54) is 0 Å². The van der Waals surface area contributed by atoms with Crippen LogP contribution in [0.2, 0.25) is 5.02 Å². The lowest BCUT2D eigenvalue weighted by molar-refractivity contribution is 0.583. The molecule has 0 bridgehead atoms. The Kier molecular flexibility index (Phi) is 2.75. The second-order valence-corrected chi connectivity index (χ2v) is 5.07. The summed E-state index contributed by atoms with van der Waals surface area (Å²) in [6.07, 6.45) is 0. The van der Waals surface area contributed by atoms with Gasteiger partial charge in [-0.15, -0.1) is 10.2 Å². The lowest BCUT2D eigenvalue weighted by Gasteiger charge is -1.96. The van der Waals surface area contributed by atoms with Crippen molar-refractivity contribution in [2.75, 3.05) is 0 Å². The molecule has 0 aliphatic carbocycles. The number of hydrogen-bond donors (Lipinski definition) is 1. The standard InChI is InChI=1S/C16H10ClN3O/c17-12-7-3-2-6-11(12)15-19-20-16(21-15)14-9-10-5-1-4-8-13(10)18-14/h1-9,18H. The van der Waals surface area contributed by atoms with Crippen molar-refractivity contribution < 1.29 is 4.42 Å². The normalized spacial score (nSPS) is 11.1. The van der Waals surface area contributed by atoms with Crippen LogP contribution in [-0.4, -0.2) is 15.2 Å². The molecule has 0 fully saturated rings. The van der Waals surface area contributed by atoms with Gasteiger partial charge in [0.15, 0.2) is 0 Å². The largest absolute Gasteiger partial charge is 0.415 e. The molecule has 2 heterocycles. The van der Waals surface area contributed by atoms with Crippen LogP contribution in [0.3, 0.4) is 0 Å². The molecule has 4 aromatic rings. The van der Waals surface area contributed by atoms with Crippen molar-refractivity contribution in [1.82, 2.24) is 15.2 Å². The monoisotopic (exact) mass is 295 g/mol. The quantitative estimate of drug-likeness (QED) is 0.591. The minimum Gasteiger partial charge on any atom is -0.415 e. The van der Waals surface area contributed by atoms with Crippen LogP contribution in [0.15, 0.2) is 59.0 Å². The molecule has 102 valence electrons. The molecule has 0 spiro atoms. The van der Waals surface area contributed by atoms with Crippen molar-refractivity contribution in [3.05, 3.63) is 59.6 Å². The van der Waals surface area contributed by atoms with E-state index < -0.39 is 0 Å². The lowest BCUT2D eigenvalue weighted by atomic mass is 10.2. The first-order chi connectivity index (χ1) is 10.3. The molecule has 0 unspecified atom stereocenters. The van der Waals surface area contributed by atoms with Crippen LogP contribution in [0.1, 0.15) is 0 Å². The predicted octanol–water partition coefficient (Wildman–Crippen LogP) is 4.54. The second-order valence-electron chi connectivity index (χ2n) is 4.66. The number of benzene rings is 2. The number of rotatable bonds is 2. The molecule has 0 radical (unpaired) electrons. The number of hydrogen-bond acceptors (Lipinski definition) is 3. The third kappa shape index (κ3) is 2.10. The summed E-state index contributed by atoms with van der Waals surface area (Å²) in [5.74, 6) is 0.857. The van der Waals surface area contributed by atoms with Crippen LogP contribution in [0.5, 0.6) is 0 Å². The Bertz CT molecular complexity index is 893. The molecular weight excluding hydrogens is 286 g/mol. The first-order valence-corrected chi connectivity index (χ1v) is 6.85. The molecule has 0 saturated carbocycles. The number of nitrogens with zero attached hydrogens (tertiary/aromatic N) is 2. The van der Waals surface area contributed by atoms with Gasteiger partial charge in [0.25, 0.3) is 5.89 Å². The third-order valence-corrected chi connectivity index (χ3v) is 3.62. The lowest BCUT2D eigenvalue weighted by Crippen LogP contribution is -1.78. The Hall–Kier alpha value is -2.59. The molecule has 5 heteroatoms. The predicted molar refractivity (Wildman–Crippen MR) is 82.0 cm³/mol. The van der Waals surface area contributed by atoms with Gasteiger partial charge in [0.1, 0.15) is 5.69 Å². The van der Waals surface area contributed by atoms with Gasteiger partial charge in [-0.3, -0.25) is 0 Å². The number of aromatic nitrogens is 3. The maximum Gasteiger partial charge on any atom is 0.264 e. The maximum atomic E-state index is 6.14. The summed E-state index contributed by atoms with van der Waals surface area (Å²) < 4.78 is 5.73. The molecule has 0 aliphatic rings. The number of para-hydroxylation sites is 1. The summed E-state index contributed by atoms with van der Waals surface area (Å²) >= 11 is 6.14. The van der Waals surface area contributed by atoms with E-state index in [0.717, 1.165) is 22.2 Å². The highest BCUT2D eigenvalue weighted by Gasteiger charge is 2.14. The van der Waals surface area contributed by atoms with E-state index in [1.807, 2.05) is 48.5 Å². The Labute approximate surface area is 125 Å². The molecule has 2 aromatic carbocycles. The fraction of sp³-hybridized carbons (Fsp3) is 0. The smallest absolute Gasteiger partial charge is 0.264 e. The third-order valence-electron chi connectivity index (χ3n) is 3.29. The first-order valence-electron chi connectivity index (χ1n) is 6.48. The second kappa shape index (κ2) is 4.75. The van der Waals surface area contributed by atoms with Gasteiger partial charge in [-0.2, -0.15) is 0 Å². The van der Waals surface area contributed by atoms with Crippen LogP contribution >= 0.6 is 11.6 Å². The summed E-state index contributed by atoms with van der Waals surface area (Å²) in [5, 5.41) is 9.85. The number of nitrogens with one attached hydrogen (secondary N) is 1. The average Bonchev–Trinajstić information content (AvgIpc) is 3.14. The van der Waals surface area contributed by atoms with Gasteiger partial charge in [0.05, 0.1) is 10.6 Å². The van der Waals surface area contributed by atoms with Gasteiger partial charge in [0.2, 0.25) is 5.89 Å².